The summed E-state index contributed by atoms with van der Waals surface area (Å²) in [6.45, 7) is 5.30. The molecule has 0 amide bonds. The molecule has 0 spiro atoms. The van der Waals surface area contributed by atoms with Crippen molar-refractivity contribution in [3.8, 4) is 5.75 Å². The van der Waals surface area contributed by atoms with Crippen molar-refractivity contribution in [1.29, 1.82) is 0 Å². The second-order valence-corrected chi connectivity index (χ2v) is 4.67. The average molecular weight is 225 g/mol. The smallest absolute Gasteiger partial charge is 0.311 e. The average Bonchev–Trinajstić information content (AvgIpc) is 2.15. The predicted molar refractivity (Wildman–Crippen MR) is 59.4 cm³/mol. The minimum atomic E-state index is -0.649. The zero-order valence-electron chi connectivity index (χ0n) is 9.52. The van der Waals surface area contributed by atoms with Gasteiger partial charge in [0.25, 0.3) is 0 Å². The number of rotatable bonds is 2. The van der Waals surface area contributed by atoms with Gasteiger partial charge in [0.15, 0.2) is 5.75 Å². The SMILES string of the molecule is CC(C)(C)c1cc(CO)c(O)c([N+](=O)[O-])c1. The molecule has 0 aliphatic heterocycles. The van der Waals surface area contributed by atoms with E-state index in [1.807, 2.05) is 20.8 Å². The molecular formula is C11H15NO4. The molecule has 88 valence electrons. The van der Waals surface area contributed by atoms with Crippen molar-refractivity contribution in [2.45, 2.75) is 32.8 Å². The number of aliphatic hydroxyl groups is 1. The van der Waals surface area contributed by atoms with E-state index in [-0.39, 0.29) is 16.7 Å². The first-order valence-electron chi connectivity index (χ1n) is 4.89. The standard InChI is InChI=1S/C11H15NO4/c1-11(2,3)8-4-7(6-13)10(14)9(5-8)12(15)16/h4-5,13-14H,6H2,1-3H3. The van der Waals surface area contributed by atoms with Crippen LogP contribution < -0.4 is 0 Å². The van der Waals surface area contributed by atoms with E-state index in [0.29, 0.717) is 5.56 Å². The van der Waals surface area contributed by atoms with Crippen LogP contribution in [0.15, 0.2) is 12.1 Å². The van der Waals surface area contributed by atoms with E-state index >= 15 is 0 Å². The van der Waals surface area contributed by atoms with Gasteiger partial charge in [-0.15, -0.1) is 0 Å². The Morgan fingerprint density at radius 1 is 1.38 bits per heavy atom. The van der Waals surface area contributed by atoms with E-state index in [1.165, 1.54) is 6.07 Å². The van der Waals surface area contributed by atoms with Gasteiger partial charge in [-0.3, -0.25) is 10.1 Å². The fraction of sp³-hybridized carbons (Fsp3) is 0.455. The lowest BCUT2D eigenvalue weighted by molar-refractivity contribution is -0.386. The largest absolute Gasteiger partial charge is 0.502 e. The molecule has 1 aromatic carbocycles. The summed E-state index contributed by atoms with van der Waals surface area (Å²) in [6.07, 6.45) is 0. The van der Waals surface area contributed by atoms with Crippen LogP contribution in [-0.2, 0) is 12.0 Å². The molecule has 0 aliphatic rings. The molecule has 0 saturated carbocycles. The Labute approximate surface area is 93.5 Å². The maximum absolute atomic E-state index is 10.7. The van der Waals surface area contributed by atoms with E-state index in [4.69, 9.17) is 5.11 Å². The third-order valence-corrected chi connectivity index (χ3v) is 2.40. The van der Waals surface area contributed by atoms with Gasteiger partial charge >= 0.3 is 5.69 Å². The Morgan fingerprint density at radius 3 is 2.31 bits per heavy atom. The van der Waals surface area contributed by atoms with E-state index in [1.54, 1.807) is 6.07 Å². The van der Waals surface area contributed by atoms with Crippen LogP contribution in [0.1, 0.15) is 31.9 Å². The predicted octanol–water partition coefficient (Wildman–Crippen LogP) is 2.09. The number of hydrogen-bond acceptors (Lipinski definition) is 4. The lowest BCUT2D eigenvalue weighted by Crippen LogP contribution is -2.12. The number of aromatic hydroxyl groups is 1. The van der Waals surface area contributed by atoms with Crippen LogP contribution >= 0.6 is 0 Å². The second-order valence-electron chi connectivity index (χ2n) is 4.67. The van der Waals surface area contributed by atoms with Crippen molar-refractivity contribution in [2.75, 3.05) is 0 Å². The summed E-state index contributed by atoms with van der Waals surface area (Å²) < 4.78 is 0. The Kier molecular flexibility index (Phi) is 3.19. The third-order valence-electron chi connectivity index (χ3n) is 2.40. The van der Waals surface area contributed by atoms with Crippen LogP contribution in [0.5, 0.6) is 5.75 Å². The summed E-state index contributed by atoms with van der Waals surface area (Å²) in [7, 11) is 0. The lowest BCUT2D eigenvalue weighted by Gasteiger charge is -2.20. The van der Waals surface area contributed by atoms with E-state index in [9.17, 15) is 15.2 Å². The van der Waals surface area contributed by atoms with Crippen LogP contribution in [0.4, 0.5) is 5.69 Å². The van der Waals surface area contributed by atoms with Crippen molar-refractivity contribution >= 4 is 5.69 Å². The van der Waals surface area contributed by atoms with Gasteiger partial charge in [0, 0.05) is 11.6 Å². The summed E-state index contributed by atoms with van der Waals surface area (Å²) in [6, 6.07) is 2.93. The molecule has 0 heterocycles. The van der Waals surface area contributed by atoms with Crippen LogP contribution in [0, 0.1) is 10.1 Å². The number of aliphatic hydroxyl groups excluding tert-OH is 1. The molecule has 0 aliphatic carbocycles. The van der Waals surface area contributed by atoms with E-state index < -0.39 is 17.3 Å². The molecule has 0 unspecified atom stereocenters. The highest BCUT2D eigenvalue weighted by molar-refractivity contribution is 5.54. The normalized spacial score (nSPS) is 11.5. The van der Waals surface area contributed by atoms with Gasteiger partial charge in [-0.25, -0.2) is 0 Å². The van der Waals surface area contributed by atoms with Gasteiger partial charge in [-0.2, -0.15) is 0 Å². The summed E-state index contributed by atoms with van der Waals surface area (Å²) in [5, 5.41) is 29.3. The Balaban J connectivity index is 3.46. The van der Waals surface area contributed by atoms with Gasteiger partial charge in [-0.1, -0.05) is 20.8 Å². The zero-order chi connectivity index (χ0) is 12.5. The number of nitro groups is 1. The fourth-order valence-corrected chi connectivity index (χ4v) is 1.37. The van der Waals surface area contributed by atoms with Crippen LogP contribution in [0.25, 0.3) is 0 Å². The van der Waals surface area contributed by atoms with Gasteiger partial charge in [0.2, 0.25) is 0 Å². The molecular weight excluding hydrogens is 210 g/mol. The van der Waals surface area contributed by atoms with E-state index in [2.05, 4.69) is 0 Å². The molecule has 0 atom stereocenters. The number of nitro benzene ring substituents is 1. The fourth-order valence-electron chi connectivity index (χ4n) is 1.37. The highest BCUT2D eigenvalue weighted by Crippen LogP contribution is 2.35. The minimum absolute atomic E-state index is 0.180. The number of hydrogen-bond donors (Lipinski definition) is 2. The molecule has 1 rings (SSSR count). The molecule has 0 bridgehead atoms. The summed E-state index contributed by atoms with van der Waals surface area (Å²) in [5.74, 6) is -0.458. The van der Waals surface area contributed by atoms with Crippen molar-refractivity contribution in [1.82, 2.24) is 0 Å². The molecule has 0 radical (unpaired) electrons. The molecule has 5 heteroatoms. The molecule has 5 nitrogen and oxygen atoms in total. The molecule has 0 fully saturated rings. The molecule has 16 heavy (non-hydrogen) atoms. The molecule has 0 saturated heterocycles. The molecule has 0 aromatic heterocycles. The first-order chi connectivity index (χ1) is 7.27. The van der Waals surface area contributed by atoms with Gasteiger partial charge in [0.05, 0.1) is 11.5 Å². The quantitative estimate of drug-likeness (QED) is 0.596. The van der Waals surface area contributed by atoms with Crippen LogP contribution in [0.3, 0.4) is 0 Å². The Morgan fingerprint density at radius 2 is 1.94 bits per heavy atom. The minimum Gasteiger partial charge on any atom is -0.502 e. The Bertz CT molecular complexity index is 421. The lowest BCUT2D eigenvalue weighted by atomic mass is 9.85. The van der Waals surface area contributed by atoms with Crippen molar-refractivity contribution in [3.05, 3.63) is 33.4 Å². The second kappa shape index (κ2) is 4.09. The topological polar surface area (TPSA) is 83.6 Å². The summed E-state index contributed by atoms with van der Waals surface area (Å²) in [5.41, 5.74) is 0.249. The van der Waals surface area contributed by atoms with Crippen molar-refractivity contribution < 1.29 is 15.1 Å². The Hall–Kier alpha value is -1.62. The highest BCUT2D eigenvalue weighted by atomic mass is 16.6. The first kappa shape index (κ1) is 12.4. The van der Waals surface area contributed by atoms with Crippen LogP contribution in [0.2, 0.25) is 0 Å². The molecule has 1 aromatic rings. The summed E-state index contributed by atoms with van der Waals surface area (Å²) >= 11 is 0. The van der Waals surface area contributed by atoms with Crippen LogP contribution in [-0.4, -0.2) is 15.1 Å². The first-order valence-corrected chi connectivity index (χ1v) is 4.89. The van der Waals surface area contributed by atoms with E-state index in [0.717, 1.165) is 0 Å². The van der Waals surface area contributed by atoms with Gasteiger partial charge in [-0.05, 0) is 17.0 Å². The van der Waals surface area contributed by atoms with Crippen molar-refractivity contribution in [3.63, 3.8) is 0 Å². The van der Waals surface area contributed by atoms with Gasteiger partial charge < -0.3 is 10.2 Å². The maximum atomic E-state index is 10.7. The summed E-state index contributed by atoms with van der Waals surface area (Å²) in [4.78, 5) is 10.1. The number of benzene rings is 1. The third kappa shape index (κ3) is 2.30. The number of nitrogens with zero attached hydrogens (tertiary/aromatic N) is 1. The highest BCUT2D eigenvalue weighted by Gasteiger charge is 2.23. The molecule has 2 N–H and O–H groups in total. The monoisotopic (exact) mass is 225 g/mol. The zero-order valence-corrected chi connectivity index (χ0v) is 9.52. The maximum Gasteiger partial charge on any atom is 0.311 e. The van der Waals surface area contributed by atoms with Gasteiger partial charge in [0.1, 0.15) is 0 Å². The van der Waals surface area contributed by atoms with Crippen molar-refractivity contribution in [2.24, 2.45) is 0 Å². The number of phenols is 1.